The van der Waals surface area contributed by atoms with Crippen molar-refractivity contribution in [3.63, 3.8) is 0 Å². The van der Waals surface area contributed by atoms with Crippen molar-refractivity contribution >= 4 is 11.6 Å². The van der Waals surface area contributed by atoms with E-state index >= 15 is 0 Å². The van der Waals surface area contributed by atoms with Gasteiger partial charge in [0.25, 0.3) is 0 Å². The van der Waals surface area contributed by atoms with Gasteiger partial charge in [0.2, 0.25) is 0 Å². The third-order valence-corrected chi connectivity index (χ3v) is 1.77. The van der Waals surface area contributed by atoms with Crippen LogP contribution in [-0.2, 0) is 0 Å². The van der Waals surface area contributed by atoms with Crippen LogP contribution in [0.25, 0.3) is 0 Å². The summed E-state index contributed by atoms with van der Waals surface area (Å²) in [6.07, 6.45) is 5.55. The van der Waals surface area contributed by atoms with Crippen molar-refractivity contribution in [2.45, 2.75) is 11.0 Å². The van der Waals surface area contributed by atoms with Crippen molar-refractivity contribution in [1.29, 1.82) is 0 Å². The maximum atomic E-state index is 10.3. The standard InChI is InChI=1S/C6H7ClN2O2/c7-6(9(10)11)3-1-5(8)2-4-6/h1-5H,8H2. The van der Waals surface area contributed by atoms with Crippen LogP contribution in [0, 0.1) is 10.1 Å². The van der Waals surface area contributed by atoms with Crippen LogP contribution >= 0.6 is 11.6 Å². The summed E-state index contributed by atoms with van der Waals surface area (Å²) in [6.45, 7) is 0. The fourth-order valence-electron chi connectivity index (χ4n) is 0.734. The average molecular weight is 175 g/mol. The molecular formula is C6H7ClN2O2. The second kappa shape index (κ2) is 2.64. The van der Waals surface area contributed by atoms with E-state index in [-0.39, 0.29) is 6.04 Å². The Kier molecular flexibility index (Phi) is 1.97. The Morgan fingerprint density at radius 2 is 2.00 bits per heavy atom. The molecule has 0 radical (unpaired) electrons. The van der Waals surface area contributed by atoms with Crippen LogP contribution in [0.2, 0.25) is 0 Å². The van der Waals surface area contributed by atoms with Crippen LogP contribution in [0.4, 0.5) is 0 Å². The summed E-state index contributed by atoms with van der Waals surface area (Å²) in [7, 11) is 0. The molecule has 0 bridgehead atoms. The first-order chi connectivity index (χ1) is 5.04. The number of rotatable bonds is 1. The third-order valence-electron chi connectivity index (χ3n) is 1.38. The summed E-state index contributed by atoms with van der Waals surface area (Å²) in [6, 6.07) is -0.262. The summed E-state index contributed by atoms with van der Waals surface area (Å²) in [5.74, 6) is 0. The van der Waals surface area contributed by atoms with Gasteiger partial charge in [-0.25, -0.2) is 0 Å². The minimum atomic E-state index is -1.59. The molecule has 0 aliphatic heterocycles. The molecule has 0 aromatic rings. The van der Waals surface area contributed by atoms with Gasteiger partial charge in [0, 0.05) is 18.2 Å². The lowest BCUT2D eigenvalue weighted by molar-refractivity contribution is -0.514. The highest BCUT2D eigenvalue weighted by Crippen LogP contribution is 2.22. The molecule has 0 aromatic heterocycles. The SMILES string of the molecule is NC1C=CC(Cl)([N+](=O)[O-])C=C1. The molecule has 0 amide bonds. The monoisotopic (exact) mass is 174 g/mol. The molecule has 0 spiro atoms. The van der Waals surface area contributed by atoms with Crippen LogP contribution in [0.1, 0.15) is 0 Å². The van der Waals surface area contributed by atoms with Gasteiger partial charge >= 0.3 is 5.00 Å². The lowest BCUT2D eigenvalue weighted by Crippen LogP contribution is -2.31. The van der Waals surface area contributed by atoms with Gasteiger partial charge in [0.15, 0.2) is 0 Å². The van der Waals surface area contributed by atoms with Crippen molar-refractivity contribution in [1.82, 2.24) is 0 Å². The lowest BCUT2D eigenvalue weighted by atomic mass is 10.1. The Hall–Kier alpha value is -0.870. The largest absolute Gasteiger partial charge is 0.332 e. The molecule has 0 saturated carbocycles. The van der Waals surface area contributed by atoms with E-state index in [2.05, 4.69) is 0 Å². The van der Waals surface area contributed by atoms with E-state index in [0.717, 1.165) is 0 Å². The van der Waals surface area contributed by atoms with Gasteiger partial charge in [0.05, 0.1) is 4.92 Å². The van der Waals surface area contributed by atoms with E-state index in [1.54, 1.807) is 0 Å². The molecule has 1 rings (SSSR count). The molecule has 0 atom stereocenters. The van der Waals surface area contributed by atoms with Crippen LogP contribution < -0.4 is 5.73 Å². The maximum absolute atomic E-state index is 10.3. The van der Waals surface area contributed by atoms with Gasteiger partial charge in [-0.2, -0.15) is 0 Å². The molecule has 2 N–H and O–H groups in total. The molecule has 11 heavy (non-hydrogen) atoms. The first kappa shape index (κ1) is 8.23. The van der Waals surface area contributed by atoms with Crippen LogP contribution in [0.15, 0.2) is 24.3 Å². The predicted octanol–water partition coefficient (Wildman–Crippen LogP) is 0.651. The van der Waals surface area contributed by atoms with Crippen molar-refractivity contribution in [2.75, 3.05) is 0 Å². The summed E-state index contributed by atoms with van der Waals surface area (Å²) in [5, 5.41) is 10.3. The van der Waals surface area contributed by atoms with Crippen molar-refractivity contribution in [2.24, 2.45) is 5.73 Å². The predicted molar refractivity (Wildman–Crippen MR) is 41.8 cm³/mol. The first-order valence-corrected chi connectivity index (χ1v) is 3.40. The highest BCUT2D eigenvalue weighted by atomic mass is 35.5. The summed E-state index contributed by atoms with van der Waals surface area (Å²) >= 11 is 5.55. The molecule has 1 aliphatic rings. The Morgan fingerprint density at radius 1 is 1.55 bits per heavy atom. The Balaban J connectivity index is 2.85. The molecule has 1 aliphatic carbocycles. The van der Waals surface area contributed by atoms with Gasteiger partial charge in [-0.3, -0.25) is 10.1 Å². The fraction of sp³-hybridized carbons (Fsp3) is 0.333. The minimum absolute atomic E-state index is 0.262. The summed E-state index contributed by atoms with van der Waals surface area (Å²) in [4.78, 5) is 8.15. The number of hydrogen-bond acceptors (Lipinski definition) is 3. The molecular weight excluding hydrogens is 168 g/mol. The minimum Gasteiger partial charge on any atom is -0.321 e. The van der Waals surface area contributed by atoms with E-state index in [1.807, 2.05) is 0 Å². The Bertz CT molecular complexity index is 223. The highest BCUT2D eigenvalue weighted by Gasteiger charge is 2.35. The zero-order valence-corrected chi connectivity index (χ0v) is 6.36. The highest BCUT2D eigenvalue weighted by molar-refractivity contribution is 6.25. The van der Waals surface area contributed by atoms with E-state index in [9.17, 15) is 10.1 Å². The quantitative estimate of drug-likeness (QED) is 0.209. The van der Waals surface area contributed by atoms with Crippen molar-refractivity contribution in [3.05, 3.63) is 34.4 Å². The molecule has 0 saturated heterocycles. The topological polar surface area (TPSA) is 69.2 Å². The van der Waals surface area contributed by atoms with Gasteiger partial charge in [-0.05, 0) is 11.6 Å². The van der Waals surface area contributed by atoms with Crippen LogP contribution in [0.5, 0.6) is 0 Å². The zero-order valence-electron chi connectivity index (χ0n) is 5.61. The normalized spacial score (nSPS) is 35.6. The maximum Gasteiger partial charge on any atom is 0.332 e. The molecule has 0 fully saturated rings. The van der Waals surface area contributed by atoms with Gasteiger partial charge in [-0.1, -0.05) is 12.2 Å². The molecule has 0 aromatic carbocycles. The summed E-state index contributed by atoms with van der Waals surface area (Å²) < 4.78 is 0. The van der Waals surface area contributed by atoms with E-state index < -0.39 is 9.92 Å². The molecule has 60 valence electrons. The number of nitrogens with zero attached hydrogens (tertiary/aromatic N) is 1. The second-order valence-electron chi connectivity index (χ2n) is 2.28. The van der Waals surface area contributed by atoms with Crippen molar-refractivity contribution in [3.8, 4) is 0 Å². The zero-order chi connectivity index (χ0) is 8.48. The first-order valence-electron chi connectivity index (χ1n) is 3.02. The van der Waals surface area contributed by atoms with Crippen LogP contribution in [-0.4, -0.2) is 16.0 Å². The molecule has 0 heterocycles. The number of halogens is 1. The Labute approximate surface area is 68.5 Å². The lowest BCUT2D eigenvalue weighted by Gasteiger charge is -2.14. The van der Waals surface area contributed by atoms with Gasteiger partial charge in [0.1, 0.15) is 0 Å². The molecule has 4 nitrogen and oxygen atoms in total. The number of nitro groups is 1. The Morgan fingerprint density at radius 3 is 2.36 bits per heavy atom. The molecule has 5 heteroatoms. The van der Waals surface area contributed by atoms with Gasteiger partial charge in [-0.15, -0.1) is 0 Å². The van der Waals surface area contributed by atoms with E-state index in [4.69, 9.17) is 17.3 Å². The smallest absolute Gasteiger partial charge is 0.321 e. The second-order valence-corrected chi connectivity index (χ2v) is 2.89. The third kappa shape index (κ3) is 1.58. The number of hydrogen-bond donors (Lipinski definition) is 1. The number of alkyl halides is 1. The molecule has 0 unspecified atom stereocenters. The van der Waals surface area contributed by atoms with Gasteiger partial charge < -0.3 is 5.73 Å². The van der Waals surface area contributed by atoms with E-state index in [0.29, 0.717) is 0 Å². The fourth-order valence-corrected chi connectivity index (χ4v) is 0.879. The van der Waals surface area contributed by atoms with Crippen LogP contribution in [0.3, 0.4) is 0 Å². The summed E-state index contributed by atoms with van der Waals surface area (Å²) in [5.41, 5.74) is 5.40. The van der Waals surface area contributed by atoms with E-state index in [1.165, 1.54) is 24.3 Å². The average Bonchev–Trinajstić information content (AvgIpc) is 1.95. The van der Waals surface area contributed by atoms with Crippen molar-refractivity contribution < 1.29 is 4.92 Å². The number of nitrogens with two attached hydrogens (primary N) is 1.